The predicted molar refractivity (Wildman–Crippen MR) is 88.9 cm³/mol. The number of epoxide rings is 2. The lowest BCUT2D eigenvalue weighted by Crippen LogP contribution is -2.48. The lowest BCUT2D eigenvalue weighted by atomic mass is 9.94. The quantitative estimate of drug-likeness (QED) is 0.525. The molecule has 0 bridgehead atoms. The molecule has 0 aromatic carbocycles. The van der Waals surface area contributed by atoms with Crippen molar-refractivity contribution in [2.45, 2.75) is 103 Å². The molecular formula is C17H34O3Si. The highest BCUT2D eigenvalue weighted by Crippen LogP contribution is 2.67. The zero-order valence-corrected chi connectivity index (χ0v) is 16.4. The summed E-state index contributed by atoms with van der Waals surface area (Å²) in [5, 5.41) is 0.223. The Morgan fingerprint density at radius 2 is 1.81 bits per heavy atom. The van der Waals surface area contributed by atoms with Crippen LogP contribution in [-0.2, 0) is 13.9 Å². The molecule has 0 aliphatic carbocycles. The van der Waals surface area contributed by atoms with Crippen LogP contribution < -0.4 is 0 Å². The molecule has 2 fully saturated rings. The number of rotatable bonds is 6. The Bertz CT molecular complexity index is 401. The van der Waals surface area contributed by atoms with Crippen LogP contribution in [0.25, 0.3) is 0 Å². The maximum absolute atomic E-state index is 6.64. The van der Waals surface area contributed by atoms with Crippen LogP contribution in [0.4, 0.5) is 0 Å². The summed E-state index contributed by atoms with van der Waals surface area (Å²) in [6.45, 7) is 20.3. The van der Waals surface area contributed by atoms with Crippen LogP contribution in [0, 0.1) is 5.92 Å². The minimum atomic E-state index is -1.78. The third kappa shape index (κ3) is 2.85. The Morgan fingerprint density at radius 3 is 2.24 bits per heavy atom. The fourth-order valence-corrected chi connectivity index (χ4v) is 4.49. The van der Waals surface area contributed by atoms with Gasteiger partial charge in [-0.05, 0) is 43.8 Å². The van der Waals surface area contributed by atoms with Crippen LogP contribution in [0.3, 0.4) is 0 Å². The van der Waals surface area contributed by atoms with Crippen molar-refractivity contribution >= 4 is 8.32 Å². The van der Waals surface area contributed by atoms with Gasteiger partial charge in [0.15, 0.2) is 13.9 Å². The average molecular weight is 315 g/mol. The van der Waals surface area contributed by atoms with Gasteiger partial charge in [-0.15, -0.1) is 0 Å². The lowest BCUT2D eigenvalue weighted by Gasteiger charge is -2.40. The standard InChI is InChI=1S/C17H34O3Si/c1-10-13(19-21(8,9)15(4,5)6)16(7)17(20-16)14(18-17)11-12(2)3/h12-14H,10-11H2,1-9H3/t13-,14-,16-,17+/m1/s1. The number of hydrogen-bond donors (Lipinski definition) is 0. The van der Waals surface area contributed by atoms with Gasteiger partial charge in [-0.25, -0.2) is 0 Å². The van der Waals surface area contributed by atoms with Crippen molar-refractivity contribution in [3.05, 3.63) is 0 Å². The van der Waals surface area contributed by atoms with Gasteiger partial charge >= 0.3 is 0 Å². The maximum atomic E-state index is 6.64. The summed E-state index contributed by atoms with van der Waals surface area (Å²) in [7, 11) is -1.78. The van der Waals surface area contributed by atoms with Crippen molar-refractivity contribution < 1.29 is 13.9 Å². The summed E-state index contributed by atoms with van der Waals surface area (Å²) in [6.07, 6.45) is 2.45. The molecular weight excluding hydrogens is 280 g/mol. The summed E-state index contributed by atoms with van der Waals surface area (Å²) >= 11 is 0. The van der Waals surface area contributed by atoms with Gasteiger partial charge in [0, 0.05) is 0 Å². The van der Waals surface area contributed by atoms with E-state index in [0.717, 1.165) is 12.8 Å². The number of ether oxygens (including phenoxy) is 2. The molecule has 0 radical (unpaired) electrons. The summed E-state index contributed by atoms with van der Waals surface area (Å²) < 4.78 is 18.7. The normalized spacial score (nSPS) is 37.1. The minimum absolute atomic E-state index is 0.135. The SMILES string of the molecule is CC[C@@H](O[Si](C)(C)C(C)(C)C)[C@@]1(C)O[C@]12O[C@@H]2CC(C)C. The van der Waals surface area contributed by atoms with Crippen LogP contribution in [0.15, 0.2) is 0 Å². The van der Waals surface area contributed by atoms with E-state index in [-0.39, 0.29) is 28.6 Å². The van der Waals surface area contributed by atoms with E-state index in [1.165, 1.54) is 0 Å². The van der Waals surface area contributed by atoms with E-state index >= 15 is 0 Å². The molecule has 2 rings (SSSR count). The van der Waals surface area contributed by atoms with Gasteiger partial charge in [-0.2, -0.15) is 0 Å². The van der Waals surface area contributed by atoms with Gasteiger partial charge in [0.1, 0.15) is 6.10 Å². The summed E-state index contributed by atoms with van der Waals surface area (Å²) in [4.78, 5) is 0. The van der Waals surface area contributed by atoms with E-state index in [9.17, 15) is 0 Å². The first kappa shape index (κ1) is 17.5. The predicted octanol–water partition coefficient (Wildman–Crippen LogP) is 4.72. The molecule has 2 aliphatic rings. The molecule has 0 aromatic rings. The monoisotopic (exact) mass is 314 g/mol. The summed E-state index contributed by atoms with van der Waals surface area (Å²) in [5.41, 5.74) is -0.253. The molecule has 0 unspecified atom stereocenters. The van der Waals surface area contributed by atoms with Crippen molar-refractivity contribution in [1.82, 2.24) is 0 Å². The third-order valence-electron chi connectivity index (χ3n) is 5.61. The minimum Gasteiger partial charge on any atom is -0.411 e. The lowest BCUT2D eigenvalue weighted by molar-refractivity contribution is 0.0902. The van der Waals surface area contributed by atoms with Crippen molar-refractivity contribution in [1.29, 1.82) is 0 Å². The smallest absolute Gasteiger partial charge is 0.228 e. The average Bonchev–Trinajstić information content (AvgIpc) is 3.12. The van der Waals surface area contributed by atoms with Crippen LogP contribution in [0.2, 0.25) is 18.1 Å². The van der Waals surface area contributed by atoms with Gasteiger partial charge in [-0.1, -0.05) is 41.5 Å². The summed E-state index contributed by atoms with van der Waals surface area (Å²) in [6, 6.07) is 0. The molecule has 1 spiro atoms. The Kier molecular flexibility index (Phi) is 4.20. The second-order valence-electron chi connectivity index (χ2n) is 8.89. The maximum Gasteiger partial charge on any atom is 0.228 e. The molecule has 2 saturated heterocycles. The molecule has 0 saturated carbocycles. The van der Waals surface area contributed by atoms with Crippen LogP contribution in [0.1, 0.15) is 61.3 Å². The Hall–Kier alpha value is 0.0969. The molecule has 2 aliphatic heterocycles. The zero-order valence-electron chi connectivity index (χ0n) is 15.4. The molecule has 0 aromatic heterocycles. The first-order chi connectivity index (χ1) is 9.39. The molecule has 124 valence electrons. The highest BCUT2D eigenvalue weighted by atomic mass is 28.4. The molecule has 4 atom stereocenters. The van der Waals surface area contributed by atoms with E-state index < -0.39 is 8.32 Å². The van der Waals surface area contributed by atoms with E-state index in [1.54, 1.807) is 0 Å². The molecule has 0 amide bonds. The fourth-order valence-electron chi connectivity index (χ4n) is 3.03. The Labute approximate surface area is 131 Å². The Balaban J connectivity index is 2.04. The van der Waals surface area contributed by atoms with E-state index in [0.29, 0.717) is 5.92 Å². The highest BCUT2D eigenvalue weighted by Gasteiger charge is 2.85. The molecule has 3 nitrogen and oxygen atoms in total. The molecule has 4 heteroatoms. The van der Waals surface area contributed by atoms with Crippen LogP contribution in [-0.4, -0.2) is 31.9 Å². The van der Waals surface area contributed by atoms with Gasteiger partial charge in [0.25, 0.3) is 0 Å². The summed E-state index contributed by atoms with van der Waals surface area (Å²) in [5.74, 6) is 0.310. The second-order valence-corrected chi connectivity index (χ2v) is 13.6. The van der Waals surface area contributed by atoms with Crippen LogP contribution >= 0.6 is 0 Å². The first-order valence-corrected chi connectivity index (χ1v) is 11.4. The van der Waals surface area contributed by atoms with Crippen molar-refractivity contribution in [3.63, 3.8) is 0 Å². The van der Waals surface area contributed by atoms with Crippen molar-refractivity contribution in [2.75, 3.05) is 0 Å². The molecule has 0 N–H and O–H groups in total. The van der Waals surface area contributed by atoms with Gasteiger partial charge < -0.3 is 13.9 Å². The zero-order chi connectivity index (χ0) is 16.3. The van der Waals surface area contributed by atoms with E-state index in [4.69, 9.17) is 13.9 Å². The molecule has 21 heavy (non-hydrogen) atoms. The third-order valence-corrected chi connectivity index (χ3v) is 10.1. The van der Waals surface area contributed by atoms with Gasteiger partial charge in [0.05, 0.1) is 6.10 Å². The van der Waals surface area contributed by atoms with Gasteiger partial charge in [0.2, 0.25) is 5.79 Å². The Morgan fingerprint density at radius 1 is 1.24 bits per heavy atom. The highest BCUT2D eigenvalue weighted by molar-refractivity contribution is 6.74. The largest absolute Gasteiger partial charge is 0.411 e. The van der Waals surface area contributed by atoms with Crippen molar-refractivity contribution in [2.24, 2.45) is 5.92 Å². The molecule has 2 heterocycles. The topological polar surface area (TPSA) is 34.3 Å². The number of hydrogen-bond acceptors (Lipinski definition) is 3. The van der Waals surface area contributed by atoms with E-state index in [1.807, 2.05) is 0 Å². The van der Waals surface area contributed by atoms with Crippen molar-refractivity contribution in [3.8, 4) is 0 Å². The second kappa shape index (κ2) is 5.05. The van der Waals surface area contributed by atoms with Gasteiger partial charge in [-0.3, -0.25) is 0 Å². The van der Waals surface area contributed by atoms with E-state index in [2.05, 4.69) is 61.6 Å². The fraction of sp³-hybridized carbons (Fsp3) is 1.00. The van der Waals surface area contributed by atoms with Crippen LogP contribution in [0.5, 0.6) is 0 Å². The first-order valence-electron chi connectivity index (χ1n) is 8.45.